The number of nitrogens with one attached hydrogen (secondary N) is 1. The maximum absolute atomic E-state index is 7.38. The molecular formula is C13H12N2S. The van der Waals surface area contributed by atoms with E-state index in [9.17, 15) is 0 Å². The molecule has 0 fully saturated rings. The van der Waals surface area contributed by atoms with Crippen molar-refractivity contribution in [2.75, 3.05) is 0 Å². The summed E-state index contributed by atoms with van der Waals surface area (Å²) >= 11 is 4.34. The van der Waals surface area contributed by atoms with Crippen LogP contribution in [-0.2, 0) is 0 Å². The summed E-state index contributed by atoms with van der Waals surface area (Å²) in [6, 6.07) is 15.7. The Morgan fingerprint density at radius 2 is 1.69 bits per heavy atom. The topological polar surface area (TPSA) is 49.9 Å². The minimum absolute atomic E-state index is 0.0459. The number of hydrogen-bond donors (Lipinski definition) is 3. The lowest BCUT2D eigenvalue weighted by Crippen LogP contribution is -2.11. The maximum Gasteiger partial charge on any atom is 0.123 e. The van der Waals surface area contributed by atoms with Crippen LogP contribution in [0.5, 0.6) is 0 Å². The van der Waals surface area contributed by atoms with E-state index in [-0.39, 0.29) is 5.84 Å². The van der Waals surface area contributed by atoms with Crippen molar-refractivity contribution in [1.82, 2.24) is 0 Å². The van der Waals surface area contributed by atoms with Crippen LogP contribution in [0.15, 0.2) is 53.4 Å². The van der Waals surface area contributed by atoms with Crippen molar-refractivity contribution in [3.63, 3.8) is 0 Å². The van der Waals surface area contributed by atoms with Crippen molar-refractivity contribution in [2.45, 2.75) is 4.90 Å². The van der Waals surface area contributed by atoms with Gasteiger partial charge in [-0.2, -0.15) is 0 Å². The molecule has 3 N–H and O–H groups in total. The molecule has 0 aliphatic carbocycles. The van der Waals surface area contributed by atoms with Crippen LogP contribution in [0.25, 0.3) is 11.1 Å². The molecule has 0 saturated heterocycles. The standard InChI is InChI=1S/C13H12N2S/c14-13(15)11-7-6-10(8-12(11)16)9-4-2-1-3-5-9/h1-8,16H,(H3,14,15). The first-order valence-electron chi connectivity index (χ1n) is 4.91. The smallest absolute Gasteiger partial charge is 0.123 e. The van der Waals surface area contributed by atoms with Crippen LogP contribution in [-0.4, -0.2) is 5.84 Å². The van der Waals surface area contributed by atoms with Crippen molar-refractivity contribution in [1.29, 1.82) is 5.41 Å². The second-order valence-electron chi connectivity index (χ2n) is 3.51. The van der Waals surface area contributed by atoms with Gasteiger partial charge in [0.05, 0.1) is 0 Å². The molecule has 2 aromatic carbocycles. The Morgan fingerprint density at radius 1 is 1.00 bits per heavy atom. The van der Waals surface area contributed by atoms with E-state index in [0.717, 1.165) is 16.0 Å². The molecule has 0 atom stereocenters. The lowest BCUT2D eigenvalue weighted by molar-refractivity contribution is 1.35. The van der Waals surface area contributed by atoms with Gasteiger partial charge >= 0.3 is 0 Å². The first-order chi connectivity index (χ1) is 7.68. The fourth-order valence-electron chi connectivity index (χ4n) is 1.57. The average molecular weight is 228 g/mol. The second-order valence-corrected chi connectivity index (χ2v) is 3.99. The summed E-state index contributed by atoms with van der Waals surface area (Å²) in [5.74, 6) is 0.0459. The van der Waals surface area contributed by atoms with Gasteiger partial charge in [0, 0.05) is 10.5 Å². The molecule has 0 aromatic heterocycles. The third-order valence-electron chi connectivity index (χ3n) is 2.40. The molecule has 0 unspecified atom stereocenters. The van der Waals surface area contributed by atoms with Crippen LogP contribution in [0.3, 0.4) is 0 Å². The van der Waals surface area contributed by atoms with E-state index in [1.54, 1.807) is 0 Å². The third-order valence-corrected chi connectivity index (χ3v) is 2.77. The number of rotatable bonds is 2. The molecule has 0 bridgehead atoms. The van der Waals surface area contributed by atoms with E-state index < -0.39 is 0 Å². The molecule has 80 valence electrons. The number of hydrogen-bond acceptors (Lipinski definition) is 2. The van der Waals surface area contributed by atoms with Gasteiger partial charge in [0.1, 0.15) is 5.84 Å². The molecule has 0 radical (unpaired) electrons. The number of benzene rings is 2. The third kappa shape index (κ3) is 2.09. The van der Waals surface area contributed by atoms with Gasteiger partial charge in [-0.1, -0.05) is 36.4 Å². The first kappa shape index (κ1) is 10.8. The van der Waals surface area contributed by atoms with Crippen molar-refractivity contribution in [2.24, 2.45) is 5.73 Å². The molecule has 2 aromatic rings. The summed E-state index contributed by atoms with van der Waals surface area (Å²) in [4.78, 5) is 0.730. The Morgan fingerprint density at radius 3 is 2.25 bits per heavy atom. The zero-order valence-corrected chi connectivity index (χ0v) is 9.54. The SMILES string of the molecule is N=C(N)c1ccc(-c2ccccc2)cc1S. The fourth-order valence-corrected chi connectivity index (χ4v) is 1.90. The molecule has 2 nitrogen and oxygen atoms in total. The number of amidine groups is 1. The molecule has 0 saturated carbocycles. The Bertz CT molecular complexity index is 521. The van der Waals surface area contributed by atoms with Crippen molar-refractivity contribution >= 4 is 18.5 Å². The van der Waals surface area contributed by atoms with Gasteiger partial charge in [0.15, 0.2) is 0 Å². The average Bonchev–Trinajstić information content (AvgIpc) is 2.29. The number of nitrogen functional groups attached to an aromatic ring is 1. The highest BCUT2D eigenvalue weighted by atomic mass is 32.1. The lowest BCUT2D eigenvalue weighted by Gasteiger charge is -2.06. The van der Waals surface area contributed by atoms with Crippen molar-refractivity contribution < 1.29 is 0 Å². The quantitative estimate of drug-likeness (QED) is 0.413. The summed E-state index contributed by atoms with van der Waals surface area (Å²) < 4.78 is 0. The Hall–Kier alpha value is -1.74. The summed E-state index contributed by atoms with van der Waals surface area (Å²) in [6.45, 7) is 0. The largest absolute Gasteiger partial charge is 0.384 e. The Balaban J connectivity index is 2.46. The predicted molar refractivity (Wildman–Crippen MR) is 70.1 cm³/mol. The van der Waals surface area contributed by atoms with Gasteiger partial charge in [-0.25, -0.2) is 0 Å². The van der Waals surface area contributed by atoms with E-state index in [1.165, 1.54) is 0 Å². The molecule has 2 rings (SSSR count). The van der Waals surface area contributed by atoms with Crippen LogP contribution in [0.1, 0.15) is 5.56 Å². The molecule has 0 spiro atoms. The van der Waals surface area contributed by atoms with Gasteiger partial charge < -0.3 is 5.73 Å². The van der Waals surface area contributed by atoms with E-state index in [2.05, 4.69) is 12.6 Å². The highest BCUT2D eigenvalue weighted by molar-refractivity contribution is 7.80. The number of thiol groups is 1. The fraction of sp³-hybridized carbons (Fsp3) is 0. The molecule has 0 amide bonds. The van der Waals surface area contributed by atoms with Crippen molar-refractivity contribution in [3.05, 3.63) is 54.1 Å². The lowest BCUT2D eigenvalue weighted by atomic mass is 10.0. The number of nitrogens with two attached hydrogens (primary N) is 1. The molecule has 0 heterocycles. The van der Waals surface area contributed by atoms with Gasteiger partial charge in [-0.3, -0.25) is 5.41 Å². The van der Waals surface area contributed by atoms with Crippen LogP contribution in [0.2, 0.25) is 0 Å². The van der Waals surface area contributed by atoms with Crippen LogP contribution < -0.4 is 5.73 Å². The predicted octanol–water partition coefficient (Wildman–Crippen LogP) is 2.93. The highest BCUT2D eigenvalue weighted by Gasteiger charge is 2.04. The monoisotopic (exact) mass is 228 g/mol. The van der Waals surface area contributed by atoms with E-state index in [0.29, 0.717) is 5.56 Å². The summed E-state index contributed by atoms with van der Waals surface area (Å²) in [5, 5.41) is 7.38. The van der Waals surface area contributed by atoms with Crippen molar-refractivity contribution in [3.8, 4) is 11.1 Å². The molecule has 0 aliphatic heterocycles. The van der Waals surface area contributed by atoms with Crippen LogP contribution >= 0.6 is 12.6 Å². The Labute approximate surface area is 100 Å². The second kappa shape index (κ2) is 4.41. The van der Waals surface area contributed by atoms with Gasteiger partial charge in [-0.05, 0) is 23.3 Å². The van der Waals surface area contributed by atoms with E-state index in [4.69, 9.17) is 11.1 Å². The highest BCUT2D eigenvalue weighted by Crippen LogP contribution is 2.24. The molecular weight excluding hydrogens is 216 g/mol. The summed E-state index contributed by atoms with van der Waals surface area (Å²) in [5.41, 5.74) is 8.32. The molecule has 16 heavy (non-hydrogen) atoms. The van der Waals surface area contributed by atoms with E-state index in [1.807, 2.05) is 48.5 Å². The normalized spacial score (nSPS) is 10.1. The zero-order valence-electron chi connectivity index (χ0n) is 8.64. The minimum atomic E-state index is 0.0459. The first-order valence-corrected chi connectivity index (χ1v) is 5.36. The molecule has 3 heteroatoms. The summed E-state index contributed by atoms with van der Waals surface area (Å²) in [7, 11) is 0. The van der Waals surface area contributed by atoms with Gasteiger partial charge in [-0.15, -0.1) is 12.6 Å². The Kier molecular flexibility index (Phi) is 2.97. The minimum Gasteiger partial charge on any atom is -0.384 e. The van der Waals surface area contributed by atoms with E-state index >= 15 is 0 Å². The van der Waals surface area contributed by atoms with Gasteiger partial charge in [0.25, 0.3) is 0 Å². The van der Waals surface area contributed by atoms with Gasteiger partial charge in [0.2, 0.25) is 0 Å². The summed E-state index contributed by atoms with van der Waals surface area (Å²) in [6.07, 6.45) is 0. The maximum atomic E-state index is 7.38. The van der Waals surface area contributed by atoms with Crippen LogP contribution in [0, 0.1) is 5.41 Å². The molecule has 0 aliphatic rings. The van der Waals surface area contributed by atoms with Crippen LogP contribution in [0.4, 0.5) is 0 Å². The zero-order chi connectivity index (χ0) is 11.5.